The van der Waals surface area contributed by atoms with Gasteiger partial charge < -0.3 is 5.32 Å². The van der Waals surface area contributed by atoms with Gasteiger partial charge in [-0.05, 0) is 48.8 Å². The van der Waals surface area contributed by atoms with Crippen molar-refractivity contribution in [1.29, 1.82) is 0 Å². The molecule has 1 spiro atoms. The summed E-state index contributed by atoms with van der Waals surface area (Å²) in [6.45, 7) is 4.77. The minimum Gasteiger partial charge on any atom is -0.316 e. The molecule has 1 aliphatic heterocycles. The van der Waals surface area contributed by atoms with E-state index in [4.69, 9.17) is 0 Å². The van der Waals surface area contributed by atoms with Crippen molar-refractivity contribution >= 4 is 15.9 Å². The number of rotatable bonds is 1. The van der Waals surface area contributed by atoms with Crippen LogP contribution in [0.15, 0.2) is 28.7 Å². The molecule has 0 radical (unpaired) electrons. The van der Waals surface area contributed by atoms with Gasteiger partial charge in [-0.25, -0.2) is 0 Å². The van der Waals surface area contributed by atoms with Gasteiger partial charge in [-0.3, -0.25) is 0 Å². The zero-order valence-electron chi connectivity index (χ0n) is 11.1. The summed E-state index contributed by atoms with van der Waals surface area (Å²) >= 11 is 3.75. The van der Waals surface area contributed by atoms with Crippen molar-refractivity contribution in [3.05, 3.63) is 34.3 Å². The Morgan fingerprint density at radius 3 is 2.83 bits per heavy atom. The molecule has 3 atom stereocenters. The molecule has 1 nitrogen and oxygen atoms in total. The van der Waals surface area contributed by atoms with E-state index >= 15 is 0 Å². The molecular weight excluding hydrogens is 286 g/mol. The van der Waals surface area contributed by atoms with Crippen molar-refractivity contribution in [1.82, 2.24) is 5.32 Å². The maximum absolute atomic E-state index is 3.75. The summed E-state index contributed by atoms with van der Waals surface area (Å²) in [5.41, 5.74) is 2.08. The molecule has 98 valence electrons. The van der Waals surface area contributed by atoms with E-state index in [-0.39, 0.29) is 0 Å². The highest BCUT2D eigenvalue weighted by molar-refractivity contribution is 9.10. The highest BCUT2D eigenvalue weighted by atomic mass is 79.9. The largest absolute Gasteiger partial charge is 0.316 e. The van der Waals surface area contributed by atoms with Crippen LogP contribution in [-0.4, -0.2) is 13.1 Å². The third-order valence-corrected chi connectivity index (χ3v) is 5.78. The molecule has 18 heavy (non-hydrogen) atoms. The third kappa shape index (κ3) is 2.14. The fourth-order valence-electron chi connectivity index (χ4n) is 4.15. The van der Waals surface area contributed by atoms with Gasteiger partial charge in [-0.1, -0.05) is 47.5 Å². The zero-order chi connectivity index (χ0) is 12.6. The SMILES string of the molecule is CC1CCC2(CCNCC2c2ccccc2Br)C1. The molecule has 1 heterocycles. The van der Waals surface area contributed by atoms with Gasteiger partial charge in [0.2, 0.25) is 0 Å². The van der Waals surface area contributed by atoms with Crippen LogP contribution in [0.2, 0.25) is 0 Å². The van der Waals surface area contributed by atoms with Gasteiger partial charge in [0.05, 0.1) is 0 Å². The van der Waals surface area contributed by atoms with Crippen LogP contribution in [0.5, 0.6) is 0 Å². The number of piperidine rings is 1. The molecule has 1 N–H and O–H groups in total. The zero-order valence-corrected chi connectivity index (χ0v) is 12.7. The second-order valence-electron chi connectivity index (χ2n) is 6.24. The summed E-state index contributed by atoms with van der Waals surface area (Å²) in [4.78, 5) is 0. The molecule has 0 amide bonds. The molecule has 2 aliphatic rings. The lowest BCUT2D eigenvalue weighted by Gasteiger charge is -2.43. The molecule has 3 unspecified atom stereocenters. The quantitative estimate of drug-likeness (QED) is 0.814. The lowest BCUT2D eigenvalue weighted by molar-refractivity contribution is 0.164. The first-order valence-electron chi connectivity index (χ1n) is 7.16. The maximum Gasteiger partial charge on any atom is 0.0210 e. The van der Waals surface area contributed by atoms with Crippen molar-refractivity contribution in [3.63, 3.8) is 0 Å². The molecule has 1 aromatic rings. The van der Waals surface area contributed by atoms with Crippen LogP contribution < -0.4 is 5.32 Å². The van der Waals surface area contributed by atoms with Crippen LogP contribution in [0.3, 0.4) is 0 Å². The summed E-state index contributed by atoms with van der Waals surface area (Å²) in [7, 11) is 0. The normalized spacial score (nSPS) is 36.1. The molecule has 1 saturated heterocycles. The summed E-state index contributed by atoms with van der Waals surface area (Å²) in [6, 6.07) is 8.80. The monoisotopic (exact) mass is 307 g/mol. The fraction of sp³-hybridized carbons (Fsp3) is 0.625. The van der Waals surface area contributed by atoms with Crippen molar-refractivity contribution in [2.75, 3.05) is 13.1 Å². The predicted octanol–water partition coefficient (Wildman–Crippen LogP) is 4.33. The van der Waals surface area contributed by atoms with Crippen LogP contribution >= 0.6 is 15.9 Å². The Balaban J connectivity index is 1.96. The van der Waals surface area contributed by atoms with Gasteiger partial charge in [0.25, 0.3) is 0 Å². The first-order chi connectivity index (χ1) is 8.71. The van der Waals surface area contributed by atoms with Crippen molar-refractivity contribution < 1.29 is 0 Å². The van der Waals surface area contributed by atoms with E-state index in [0.717, 1.165) is 12.5 Å². The van der Waals surface area contributed by atoms with E-state index in [1.807, 2.05) is 0 Å². The van der Waals surface area contributed by atoms with E-state index < -0.39 is 0 Å². The highest BCUT2D eigenvalue weighted by Gasteiger charge is 2.45. The van der Waals surface area contributed by atoms with Gasteiger partial charge in [0.1, 0.15) is 0 Å². The summed E-state index contributed by atoms with van der Waals surface area (Å²) in [5, 5.41) is 3.61. The standard InChI is InChI=1S/C16H22BrN/c1-12-6-7-16(10-12)8-9-18-11-14(16)13-4-2-3-5-15(13)17/h2-5,12,14,18H,6-11H2,1H3. The number of hydrogen-bond donors (Lipinski definition) is 1. The first kappa shape index (κ1) is 12.7. The maximum atomic E-state index is 3.75. The minimum absolute atomic E-state index is 0.564. The topological polar surface area (TPSA) is 12.0 Å². The van der Waals surface area contributed by atoms with Crippen LogP contribution in [0.4, 0.5) is 0 Å². The average molecular weight is 308 g/mol. The van der Waals surface area contributed by atoms with E-state index in [1.165, 1.54) is 42.3 Å². The molecule has 3 rings (SSSR count). The van der Waals surface area contributed by atoms with Crippen LogP contribution in [0, 0.1) is 11.3 Å². The Morgan fingerprint density at radius 1 is 1.28 bits per heavy atom. The lowest BCUT2D eigenvalue weighted by atomic mass is 9.66. The molecule has 1 aromatic carbocycles. The van der Waals surface area contributed by atoms with Crippen LogP contribution in [0.1, 0.15) is 44.1 Å². The molecule has 2 fully saturated rings. The van der Waals surface area contributed by atoms with Gasteiger partial charge in [0.15, 0.2) is 0 Å². The second-order valence-corrected chi connectivity index (χ2v) is 7.09. The van der Waals surface area contributed by atoms with Gasteiger partial charge in [-0.15, -0.1) is 0 Å². The molecule has 0 aromatic heterocycles. The molecule has 0 bridgehead atoms. The number of benzene rings is 1. The average Bonchev–Trinajstić information content (AvgIpc) is 2.73. The Kier molecular flexibility index (Phi) is 3.50. The van der Waals surface area contributed by atoms with Crippen LogP contribution in [-0.2, 0) is 0 Å². The Morgan fingerprint density at radius 2 is 2.11 bits per heavy atom. The second kappa shape index (κ2) is 4.97. The van der Waals surface area contributed by atoms with Gasteiger partial charge in [-0.2, -0.15) is 0 Å². The van der Waals surface area contributed by atoms with E-state index in [0.29, 0.717) is 11.3 Å². The Labute approximate surface area is 118 Å². The van der Waals surface area contributed by atoms with Crippen molar-refractivity contribution in [3.8, 4) is 0 Å². The van der Waals surface area contributed by atoms with E-state index in [2.05, 4.69) is 52.4 Å². The minimum atomic E-state index is 0.564. The number of nitrogens with one attached hydrogen (secondary N) is 1. The molecule has 1 aliphatic carbocycles. The summed E-state index contributed by atoms with van der Waals surface area (Å²) in [5.74, 6) is 1.60. The Bertz CT molecular complexity index is 427. The smallest absolute Gasteiger partial charge is 0.0210 e. The Hall–Kier alpha value is -0.340. The van der Waals surface area contributed by atoms with Crippen molar-refractivity contribution in [2.24, 2.45) is 11.3 Å². The summed E-state index contributed by atoms with van der Waals surface area (Å²) in [6.07, 6.45) is 5.60. The lowest BCUT2D eigenvalue weighted by Crippen LogP contribution is -2.42. The molecular formula is C16H22BrN. The predicted molar refractivity (Wildman–Crippen MR) is 79.8 cm³/mol. The summed E-state index contributed by atoms with van der Waals surface area (Å²) < 4.78 is 1.29. The van der Waals surface area contributed by atoms with E-state index in [9.17, 15) is 0 Å². The molecule has 1 saturated carbocycles. The highest BCUT2D eigenvalue weighted by Crippen LogP contribution is 2.55. The van der Waals surface area contributed by atoms with Crippen LogP contribution in [0.25, 0.3) is 0 Å². The third-order valence-electron chi connectivity index (χ3n) is 5.06. The fourth-order valence-corrected chi connectivity index (χ4v) is 4.71. The number of halogens is 1. The van der Waals surface area contributed by atoms with Gasteiger partial charge in [0, 0.05) is 16.9 Å². The molecule has 2 heteroatoms. The van der Waals surface area contributed by atoms with Gasteiger partial charge >= 0.3 is 0 Å². The van der Waals surface area contributed by atoms with E-state index in [1.54, 1.807) is 0 Å². The first-order valence-corrected chi connectivity index (χ1v) is 7.96. The number of hydrogen-bond acceptors (Lipinski definition) is 1. The van der Waals surface area contributed by atoms with Crippen molar-refractivity contribution in [2.45, 2.75) is 38.5 Å².